The highest BCUT2D eigenvalue weighted by atomic mass is 32.2. The molecule has 0 bridgehead atoms. The first-order chi connectivity index (χ1) is 14.6. The molecule has 31 heavy (non-hydrogen) atoms. The molecule has 3 rings (SSSR count). The van der Waals surface area contributed by atoms with Crippen LogP contribution in [0.15, 0.2) is 36.4 Å². The van der Waals surface area contributed by atoms with Crippen LogP contribution in [0, 0.1) is 13.8 Å². The third kappa shape index (κ3) is 6.10. The zero-order valence-corrected chi connectivity index (χ0v) is 19.9. The summed E-state index contributed by atoms with van der Waals surface area (Å²) < 4.78 is 26.2. The maximum absolute atomic E-state index is 12.5. The summed E-state index contributed by atoms with van der Waals surface area (Å²) in [7, 11) is -3.43. The number of nitrogens with zero attached hydrogens (tertiary/aromatic N) is 1. The number of hydrogen-bond acceptors (Lipinski definition) is 3. The standard InChI is InChI=1S/C25H34N2O3S/c1-18-11-12-19(2)24(16-18)27(31(4,29)30)15-7-10-25(28)26-20(3)22-14-13-21-8-5-6-9-23(21)17-22/h11-14,16-17,20H,5-10,15H2,1-4H3,(H,26,28)/t20-/m1/s1. The highest BCUT2D eigenvalue weighted by Crippen LogP contribution is 2.26. The third-order valence-corrected chi connectivity index (χ3v) is 7.23. The van der Waals surface area contributed by atoms with E-state index in [9.17, 15) is 13.2 Å². The molecule has 0 spiro atoms. The van der Waals surface area contributed by atoms with Crippen molar-refractivity contribution in [3.05, 3.63) is 64.2 Å². The van der Waals surface area contributed by atoms with Crippen LogP contribution in [0.5, 0.6) is 0 Å². The van der Waals surface area contributed by atoms with Gasteiger partial charge in [-0.15, -0.1) is 0 Å². The third-order valence-electron chi connectivity index (χ3n) is 6.05. The molecule has 1 atom stereocenters. The van der Waals surface area contributed by atoms with E-state index in [0.29, 0.717) is 12.1 Å². The van der Waals surface area contributed by atoms with Crippen LogP contribution >= 0.6 is 0 Å². The molecule has 1 aliphatic carbocycles. The molecule has 0 aliphatic heterocycles. The van der Waals surface area contributed by atoms with E-state index >= 15 is 0 Å². The monoisotopic (exact) mass is 442 g/mol. The van der Waals surface area contributed by atoms with Crippen molar-refractivity contribution >= 4 is 21.6 Å². The molecular formula is C25H34N2O3S. The van der Waals surface area contributed by atoms with Crippen LogP contribution in [-0.2, 0) is 27.7 Å². The largest absolute Gasteiger partial charge is 0.350 e. The SMILES string of the molecule is Cc1ccc(C)c(N(CCCC(=O)N[C@H](C)c2ccc3c(c2)CCCC3)S(C)(=O)=O)c1. The van der Waals surface area contributed by atoms with Gasteiger partial charge in [0, 0.05) is 13.0 Å². The number of carbonyl (C=O) groups excluding carboxylic acids is 1. The first-order valence-electron chi connectivity index (χ1n) is 11.1. The van der Waals surface area contributed by atoms with E-state index < -0.39 is 10.0 Å². The summed E-state index contributed by atoms with van der Waals surface area (Å²) >= 11 is 0. The summed E-state index contributed by atoms with van der Waals surface area (Å²) in [4.78, 5) is 12.5. The molecular weight excluding hydrogens is 408 g/mol. The molecule has 0 heterocycles. The van der Waals surface area contributed by atoms with Crippen molar-refractivity contribution in [3.8, 4) is 0 Å². The lowest BCUT2D eigenvalue weighted by atomic mass is 9.89. The molecule has 0 fully saturated rings. The van der Waals surface area contributed by atoms with Gasteiger partial charge in [-0.05, 0) is 86.8 Å². The summed E-state index contributed by atoms with van der Waals surface area (Å²) in [5.74, 6) is -0.0559. The average Bonchev–Trinajstić information content (AvgIpc) is 2.72. The Morgan fingerprint density at radius 2 is 1.77 bits per heavy atom. The zero-order chi connectivity index (χ0) is 22.6. The summed E-state index contributed by atoms with van der Waals surface area (Å²) in [5.41, 5.74) is 6.56. The Bertz CT molecular complexity index is 1050. The summed E-state index contributed by atoms with van der Waals surface area (Å²) in [6, 6.07) is 12.2. The number of benzene rings is 2. The van der Waals surface area contributed by atoms with Crippen molar-refractivity contribution in [2.24, 2.45) is 0 Å². The minimum absolute atomic E-state index is 0.0559. The molecule has 1 aliphatic rings. The second-order valence-corrected chi connectivity index (χ2v) is 10.7. The van der Waals surface area contributed by atoms with Gasteiger partial charge in [-0.1, -0.05) is 30.3 Å². The van der Waals surface area contributed by atoms with Crippen LogP contribution < -0.4 is 9.62 Å². The molecule has 0 saturated carbocycles. The minimum atomic E-state index is -3.43. The van der Waals surface area contributed by atoms with Gasteiger partial charge < -0.3 is 5.32 Å². The maximum atomic E-state index is 12.5. The van der Waals surface area contributed by atoms with Crippen LogP contribution in [-0.4, -0.2) is 27.1 Å². The Labute approximate surface area is 186 Å². The number of sulfonamides is 1. The summed E-state index contributed by atoms with van der Waals surface area (Å²) in [5, 5.41) is 3.07. The van der Waals surface area contributed by atoms with Gasteiger partial charge in [0.2, 0.25) is 15.9 Å². The summed E-state index contributed by atoms with van der Waals surface area (Å²) in [6.45, 7) is 6.13. The van der Waals surface area contributed by atoms with Crippen molar-refractivity contribution in [2.75, 3.05) is 17.1 Å². The van der Waals surface area contributed by atoms with E-state index in [1.807, 2.05) is 39.0 Å². The van der Waals surface area contributed by atoms with Crippen molar-refractivity contribution in [1.29, 1.82) is 0 Å². The Hall–Kier alpha value is -2.34. The number of anilines is 1. The Morgan fingerprint density at radius 3 is 2.48 bits per heavy atom. The van der Waals surface area contributed by atoms with Crippen LogP contribution in [0.2, 0.25) is 0 Å². The fourth-order valence-electron chi connectivity index (χ4n) is 4.26. The van der Waals surface area contributed by atoms with Crippen molar-refractivity contribution in [3.63, 3.8) is 0 Å². The number of fused-ring (bicyclic) bond motifs is 1. The molecule has 1 amide bonds. The summed E-state index contributed by atoms with van der Waals surface area (Å²) in [6.07, 6.45) is 6.71. The zero-order valence-electron chi connectivity index (χ0n) is 19.1. The molecule has 0 unspecified atom stereocenters. The lowest BCUT2D eigenvalue weighted by Crippen LogP contribution is -2.33. The molecule has 5 nitrogen and oxygen atoms in total. The van der Waals surface area contributed by atoms with E-state index in [-0.39, 0.29) is 24.9 Å². The van der Waals surface area contributed by atoms with E-state index in [4.69, 9.17) is 0 Å². The molecule has 1 N–H and O–H groups in total. The van der Waals surface area contributed by atoms with Crippen LogP contribution in [0.4, 0.5) is 5.69 Å². The number of hydrogen-bond donors (Lipinski definition) is 1. The topological polar surface area (TPSA) is 66.5 Å². The number of amides is 1. The second kappa shape index (κ2) is 9.86. The molecule has 0 radical (unpaired) electrons. The average molecular weight is 443 g/mol. The highest BCUT2D eigenvalue weighted by molar-refractivity contribution is 7.92. The van der Waals surface area contributed by atoms with E-state index in [0.717, 1.165) is 29.5 Å². The van der Waals surface area contributed by atoms with Gasteiger partial charge in [0.05, 0.1) is 18.0 Å². The van der Waals surface area contributed by atoms with E-state index in [2.05, 4.69) is 23.5 Å². The number of rotatable bonds is 8. The van der Waals surface area contributed by atoms with Gasteiger partial charge in [-0.3, -0.25) is 9.10 Å². The van der Waals surface area contributed by atoms with Crippen LogP contribution in [0.25, 0.3) is 0 Å². The van der Waals surface area contributed by atoms with Gasteiger partial charge in [-0.2, -0.15) is 0 Å². The maximum Gasteiger partial charge on any atom is 0.232 e. The smallest absolute Gasteiger partial charge is 0.232 e. The van der Waals surface area contributed by atoms with Gasteiger partial charge in [0.25, 0.3) is 0 Å². The van der Waals surface area contributed by atoms with E-state index in [1.54, 1.807) is 0 Å². The van der Waals surface area contributed by atoms with Crippen LogP contribution in [0.1, 0.15) is 66.5 Å². The lowest BCUT2D eigenvalue weighted by molar-refractivity contribution is -0.121. The van der Waals surface area contributed by atoms with Gasteiger partial charge in [0.15, 0.2) is 0 Å². The quantitative estimate of drug-likeness (QED) is 0.649. The number of aryl methyl sites for hydroxylation is 4. The van der Waals surface area contributed by atoms with Crippen molar-refractivity contribution in [1.82, 2.24) is 5.32 Å². The molecule has 0 aromatic heterocycles. The molecule has 0 saturated heterocycles. The van der Waals surface area contributed by atoms with Gasteiger partial charge >= 0.3 is 0 Å². The Morgan fingerprint density at radius 1 is 1.06 bits per heavy atom. The Kier molecular flexibility index (Phi) is 7.42. The van der Waals surface area contributed by atoms with Gasteiger partial charge in [-0.25, -0.2) is 8.42 Å². The van der Waals surface area contributed by atoms with E-state index in [1.165, 1.54) is 34.5 Å². The molecule has 2 aromatic rings. The first-order valence-corrected chi connectivity index (χ1v) is 13.0. The predicted octanol–water partition coefficient (Wildman–Crippen LogP) is 4.61. The highest BCUT2D eigenvalue weighted by Gasteiger charge is 2.20. The Balaban J connectivity index is 1.58. The molecule has 168 valence electrons. The van der Waals surface area contributed by atoms with Gasteiger partial charge in [0.1, 0.15) is 0 Å². The minimum Gasteiger partial charge on any atom is -0.350 e. The fourth-order valence-corrected chi connectivity index (χ4v) is 5.27. The van der Waals surface area contributed by atoms with Crippen LogP contribution in [0.3, 0.4) is 0 Å². The van der Waals surface area contributed by atoms with Crippen molar-refractivity contribution in [2.45, 2.75) is 65.3 Å². The first kappa shape index (κ1) is 23.3. The second-order valence-electron chi connectivity index (χ2n) is 8.75. The number of nitrogens with one attached hydrogen (secondary N) is 1. The number of carbonyl (C=O) groups is 1. The fraction of sp³-hybridized carbons (Fsp3) is 0.480. The normalized spacial score (nSPS) is 14.6. The molecule has 2 aromatic carbocycles. The lowest BCUT2D eigenvalue weighted by Gasteiger charge is -2.25. The molecule has 6 heteroatoms. The van der Waals surface area contributed by atoms with Crippen molar-refractivity contribution < 1.29 is 13.2 Å². The predicted molar refractivity (Wildman–Crippen MR) is 127 cm³/mol.